The third-order valence-electron chi connectivity index (χ3n) is 3.24. The summed E-state index contributed by atoms with van der Waals surface area (Å²) in [7, 11) is 0. The number of hydrogen-bond acceptors (Lipinski definition) is 3. The molecule has 0 saturated heterocycles. The molecule has 98 valence electrons. The van der Waals surface area contributed by atoms with Crippen molar-refractivity contribution in [3.8, 4) is 11.6 Å². The van der Waals surface area contributed by atoms with E-state index in [2.05, 4.69) is 9.97 Å². The highest BCUT2D eigenvalue weighted by Crippen LogP contribution is 2.40. The molecule has 1 aromatic heterocycles. The standard InChI is InChI=1S/C15H15ClN2O/c1-9-3-7-12(8-4-9)19-15-10(2)13(16)17-14(18-15)11-5-6-11/h3-4,7-8,11H,5-6H2,1-2H3. The molecule has 0 atom stereocenters. The molecule has 2 aromatic rings. The molecule has 1 fully saturated rings. The molecule has 0 aliphatic heterocycles. The second kappa shape index (κ2) is 4.82. The van der Waals surface area contributed by atoms with Crippen molar-refractivity contribution in [2.24, 2.45) is 0 Å². The maximum absolute atomic E-state index is 6.15. The SMILES string of the molecule is Cc1ccc(Oc2nc(C3CC3)nc(Cl)c2C)cc1. The van der Waals surface area contributed by atoms with Crippen LogP contribution in [0.3, 0.4) is 0 Å². The molecule has 0 bridgehead atoms. The van der Waals surface area contributed by atoms with E-state index in [-0.39, 0.29) is 0 Å². The molecule has 1 saturated carbocycles. The number of hydrogen-bond donors (Lipinski definition) is 0. The monoisotopic (exact) mass is 274 g/mol. The van der Waals surface area contributed by atoms with Crippen molar-refractivity contribution in [2.45, 2.75) is 32.6 Å². The van der Waals surface area contributed by atoms with E-state index in [1.807, 2.05) is 38.1 Å². The Morgan fingerprint density at radius 2 is 1.79 bits per heavy atom. The first-order valence-electron chi connectivity index (χ1n) is 6.42. The predicted molar refractivity (Wildman–Crippen MR) is 75.0 cm³/mol. The zero-order chi connectivity index (χ0) is 13.4. The second-order valence-electron chi connectivity index (χ2n) is 4.99. The molecule has 0 radical (unpaired) electrons. The van der Waals surface area contributed by atoms with Crippen LogP contribution in [0.1, 0.15) is 35.7 Å². The van der Waals surface area contributed by atoms with Crippen molar-refractivity contribution >= 4 is 11.6 Å². The lowest BCUT2D eigenvalue weighted by atomic mass is 10.2. The number of rotatable bonds is 3. The predicted octanol–water partition coefficient (Wildman–Crippen LogP) is 4.42. The Morgan fingerprint density at radius 1 is 1.11 bits per heavy atom. The fraction of sp³-hybridized carbons (Fsp3) is 0.333. The van der Waals surface area contributed by atoms with E-state index >= 15 is 0 Å². The summed E-state index contributed by atoms with van der Waals surface area (Å²) in [5.41, 5.74) is 1.98. The smallest absolute Gasteiger partial charge is 0.226 e. The van der Waals surface area contributed by atoms with Crippen LogP contribution >= 0.6 is 11.6 Å². The highest BCUT2D eigenvalue weighted by Gasteiger charge is 2.28. The molecule has 1 aromatic carbocycles. The maximum Gasteiger partial charge on any atom is 0.226 e. The molecular weight excluding hydrogens is 260 g/mol. The van der Waals surface area contributed by atoms with Crippen molar-refractivity contribution in [3.63, 3.8) is 0 Å². The molecule has 4 heteroatoms. The van der Waals surface area contributed by atoms with Gasteiger partial charge < -0.3 is 4.74 Å². The summed E-state index contributed by atoms with van der Waals surface area (Å²) in [6.45, 7) is 3.92. The lowest BCUT2D eigenvalue weighted by Gasteiger charge is -2.10. The van der Waals surface area contributed by atoms with Gasteiger partial charge in [0, 0.05) is 11.5 Å². The number of ether oxygens (including phenoxy) is 1. The van der Waals surface area contributed by atoms with E-state index in [9.17, 15) is 0 Å². The number of nitrogens with zero attached hydrogens (tertiary/aromatic N) is 2. The van der Waals surface area contributed by atoms with Crippen LogP contribution in [0.5, 0.6) is 11.6 Å². The maximum atomic E-state index is 6.15. The van der Waals surface area contributed by atoms with Crippen LogP contribution in [-0.2, 0) is 0 Å². The number of halogens is 1. The quantitative estimate of drug-likeness (QED) is 0.777. The number of benzene rings is 1. The lowest BCUT2D eigenvalue weighted by Crippen LogP contribution is -2.00. The minimum atomic E-state index is 0.457. The molecule has 0 spiro atoms. The van der Waals surface area contributed by atoms with Crippen molar-refractivity contribution in [3.05, 3.63) is 46.4 Å². The first kappa shape index (κ1) is 12.4. The van der Waals surface area contributed by atoms with Gasteiger partial charge in [0.1, 0.15) is 16.7 Å². The van der Waals surface area contributed by atoms with Crippen LogP contribution in [0, 0.1) is 13.8 Å². The fourth-order valence-corrected chi connectivity index (χ4v) is 1.99. The largest absolute Gasteiger partial charge is 0.439 e. The summed E-state index contributed by atoms with van der Waals surface area (Å²) in [6, 6.07) is 7.88. The van der Waals surface area contributed by atoms with Crippen LogP contribution in [0.4, 0.5) is 0 Å². The van der Waals surface area contributed by atoms with Crippen molar-refractivity contribution in [2.75, 3.05) is 0 Å². The van der Waals surface area contributed by atoms with E-state index in [1.54, 1.807) is 0 Å². The van der Waals surface area contributed by atoms with Crippen LogP contribution in [0.2, 0.25) is 5.15 Å². The third kappa shape index (κ3) is 2.71. The van der Waals surface area contributed by atoms with Gasteiger partial charge in [0.05, 0.1) is 0 Å². The first-order valence-corrected chi connectivity index (χ1v) is 6.80. The highest BCUT2D eigenvalue weighted by molar-refractivity contribution is 6.30. The van der Waals surface area contributed by atoms with Gasteiger partial charge in [-0.15, -0.1) is 0 Å². The first-order chi connectivity index (χ1) is 9.13. The summed E-state index contributed by atoms with van der Waals surface area (Å²) < 4.78 is 5.83. The minimum absolute atomic E-state index is 0.457. The summed E-state index contributed by atoms with van der Waals surface area (Å²) in [4.78, 5) is 8.82. The Hall–Kier alpha value is -1.61. The van der Waals surface area contributed by atoms with Crippen LogP contribution in [-0.4, -0.2) is 9.97 Å². The summed E-state index contributed by atoms with van der Waals surface area (Å²) in [6.07, 6.45) is 2.28. The summed E-state index contributed by atoms with van der Waals surface area (Å²) in [5.74, 6) is 2.59. The average molecular weight is 275 g/mol. The van der Waals surface area contributed by atoms with Gasteiger partial charge >= 0.3 is 0 Å². The minimum Gasteiger partial charge on any atom is -0.439 e. The van der Waals surface area contributed by atoms with Gasteiger partial charge in [-0.25, -0.2) is 4.98 Å². The van der Waals surface area contributed by atoms with E-state index in [4.69, 9.17) is 16.3 Å². The molecule has 0 N–H and O–H groups in total. The van der Waals surface area contributed by atoms with Gasteiger partial charge in [-0.2, -0.15) is 4.98 Å². The molecule has 3 nitrogen and oxygen atoms in total. The zero-order valence-electron chi connectivity index (χ0n) is 11.0. The van der Waals surface area contributed by atoms with Gasteiger partial charge in [0.25, 0.3) is 0 Å². The van der Waals surface area contributed by atoms with E-state index < -0.39 is 0 Å². The van der Waals surface area contributed by atoms with Crippen molar-refractivity contribution < 1.29 is 4.74 Å². The van der Waals surface area contributed by atoms with E-state index in [0.717, 1.165) is 30.0 Å². The molecule has 0 unspecified atom stereocenters. The summed E-state index contributed by atoms with van der Waals surface area (Å²) >= 11 is 6.15. The number of aryl methyl sites for hydroxylation is 1. The van der Waals surface area contributed by atoms with Crippen molar-refractivity contribution in [1.82, 2.24) is 9.97 Å². The topological polar surface area (TPSA) is 35.0 Å². The van der Waals surface area contributed by atoms with Crippen LogP contribution in [0.25, 0.3) is 0 Å². The molecule has 1 aliphatic carbocycles. The Kier molecular flexibility index (Phi) is 3.15. The Morgan fingerprint density at radius 3 is 2.42 bits per heavy atom. The molecular formula is C15H15ClN2O. The second-order valence-corrected chi connectivity index (χ2v) is 5.35. The highest BCUT2D eigenvalue weighted by atomic mass is 35.5. The van der Waals surface area contributed by atoms with Gasteiger partial charge in [-0.05, 0) is 38.8 Å². The van der Waals surface area contributed by atoms with Gasteiger partial charge in [-0.3, -0.25) is 0 Å². The van der Waals surface area contributed by atoms with Gasteiger partial charge in [-0.1, -0.05) is 29.3 Å². The molecule has 3 rings (SSSR count). The van der Waals surface area contributed by atoms with Crippen molar-refractivity contribution in [1.29, 1.82) is 0 Å². The zero-order valence-corrected chi connectivity index (χ0v) is 11.7. The molecule has 19 heavy (non-hydrogen) atoms. The molecule has 0 amide bonds. The van der Waals surface area contributed by atoms with Crippen LogP contribution in [0.15, 0.2) is 24.3 Å². The molecule has 1 heterocycles. The Bertz CT molecular complexity index is 606. The Labute approximate surface area is 117 Å². The molecule has 1 aliphatic rings. The van der Waals surface area contributed by atoms with E-state index in [0.29, 0.717) is 17.0 Å². The average Bonchev–Trinajstić information content (AvgIpc) is 3.21. The van der Waals surface area contributed by atoms with Gasteiger partial charge in [0.2, 0.25) is 5.88 Å². The van der Waals surface area contributed by atoms with Crippen LogP contribution < -0.4 is 4.74 Å². The lowest BCUT2D eigenvalue weighted by molar-refractivity contribution is 0.454. The fourth-order valence-electron chi connectivity index (χ4n) is 1.83. The van der Waals surface area contributed by atoms with E-state index in [1.165, 1.54) is 5.56 Å². The van der Waals surface area contributed by atoms with Gasteiger partial charge in [0.15, 0.2) is 0 Å². The number of aromatic nitrogens is 2. The third-order valence-corrected chi connectivity index (χ3v) is 3.61. The Balaban J connectivity index is 1.92. The normalized spacial score (nSPS) is 14.5. The summed E-state index contributed by atoms with van der Waals surface area (Å²) in [5, 5.41) is 0.485.